The zero-order valence-corrected chi connectivity index (χ0v) is 10.6. The van der Waals surface area contributed by atoms with Crippen LogP contribution in [0.1, 0.15) is 24.5 Å². The lowest BCUT2D eigenvalue weighted by atomic mass is 10.1. The molecule has 0 aliphatic carbocycles. The quantitative estimate of drug-likeness (QED) is 0.785. The molecule has 0 spiro atoms. The van der Waals surface area contributed by atoms with Crippen molar-refractivity contribution in [3.63, 3.8) is 0 Å². The van der Waals surface area contributed by atoms with Gasteiger partial charge in [0.15, 0.2) is 0 Å². The fraction of sp³-hybridized carbons (Fsp3) is 0.538. The number of halogens is 4. The van der Waals surface area contributed by atoms with E-state index < -0.39 is 17.6 Å². The fourth-order valence-corrected chi connectivity index (χ4v) is 1.66. The van der Waals surface area contributed by atoms with E-state index in [-0.39, 0.29) is 24.6 Å². The summed E-state index contributed by atoms with van der Waals surface area (Å²) < 4.78 is 50.8. The molecule has 2 nitrogen and oxygen atoms in total. The Bertz CT molecular complexity index is 406. The van der Waals surface area contributed by atoms with Gasteiger partial charge in [-0.25, -0.2) is 4.39 Å². The van der Waals surface area contributed by atoms with E-state index in [9.17, 15) is 17.6 Å². The molecule has 108 valence electrons. The summed E-state index contributed by atoms with van der Waals surface area (Å²) in [4.78, 5) is 0. The molecule has 2 N–H and O–H groups in total. The van der Waals surface area contributed by atoms with E-state index in [1.807, 2.05) is 6.92 Å². The maximum Gasteiger partial charge on any atom is 0.416 e. The second kappa shape index (κ2) is 6.86. The molecule has 0 fully saturated rings. The van der Waals surface area contributed by atoms with Gasteiger partial charge in [0, 0.05) is 18.7 Å². The molecule has 1 aromatic rings. The van der Waals surface area contributed by atoms with Crippen LogP contribution >= 0.6 is 0 Å². The molecule has 6 heteroatoms. The molecular formula is C13H17F4NO. The highest BCUT2D eigenvalue weighted by atomic mass is 19.4. The van der Waals surface area contributed by atoms with Gasteiger partial charge in [0.1, 0.15) is 5.82 Å². The van der Waals surface area contributed by atoms with Crippen LogP contribution in [0.5, 0.6) is 0 Å². The predicted molar refractivity (Wildman–Crippen MR) is 64.0 cm³/mol. The summed E-state index contributed by atoms with van der Waals surface area (Å²) in [6.07, 6.45) is -3.87. The third-order valence-electron chi connectivity index (χ3n) is 2.80. The molecule has 0 aliphatic rings. The van der Waals surface area contributed by atoms with Crippen molar-refractivity contribution in [3.8, 4) is 0 Å². The van der Waals surface area contributed by atoms with Crippen LogP contribution in [-0.2, 0) is 12.7 Å². The Labute approximate surface area is 109 Å². The average Bonchev–Trinajstić information content (AvgIpc) is 2.30. The molecule has 0 aliphatic heterocycles. The second-order valence-electron chi connectivity index (χ2n) is 4.55. The highest BCUT2D eigenvalue weighted by molar-refractivity contribution is 5.27. The largest absolute Gasteiger partial charge is 0.416 e. The summed E-state index contributed by atoms with van der Waals surface area (Å²) in [6.45, 7) is 2.49. The van der Waals surface area contributed by atoms with Crippen LogP contribution in [0.25, 0.3) is 0 Å². The molecule has 1 rings (SSSR count). The number of nitrogens with one attached hydrogen (secondary N) is 1. The van der Waals surface area contributed by atoms with Crippen molar-refractivity contribution in [2.24, 2.45) is 5.92 Å². The molecule has 0 aromatic heterocycles. The van der Waals surface area contributed by atoms with Crippen LogP contribution in [0.4, 0.5) is 17.6 Å². The zero-order valence-electron chi connectivity index (χ0n) is 10.6. The van der Waals surface area contributed by atoms with Gasteiger partial charge in [-0.05, 0) is 37.1 Å². The number of benzene rings is 1. The molecular weight excluding hydrogens is 262 g/mol. The molecule has 0 amide bonds. The van der Waals surface area contributed by atoms with E-state index in [0.717, 1.165) is 18.2 Å². The van der Waals surface area contributed by atoms with E-state index in [0.29, 0.717) is 13.0 Å². The minimum absolute atomic E-state index is 0.00831. The van der Waals surface area contributed by atoms with Crippen molar-refractivity contribution in [3.05, 3.63) is 35.1 Å². The van der Waals surface area contributed by atoms with Crippen molar-refractivity contribution >= 4 is 0 Å². The molecule has 0 saturated heterocycles. The van der Waals surface area contributed by atoms with Crippen molar-refractivity contribution in [1.82, 2.24) is 5.32 Å². The Morgan fingerprint density at radius 3 is 2.58 bits per heavy atom. The number of aliphatic hydroxyl groups excluding tert-OH is 1. The number of rotatable bonds is 6. The van der Waals surface area contributed by atoms with Crippen LogP contribution < -0.4 is 5.32 Å². The first-order valence-electron chi connectivity index (χ1n) is 6.01. The van der Waals surface area contributed by atoms with Gasteiger partial charge in [-0.15, -0.1) is 0 Å². The standard InChI is InChI=1S/C13H17F4NO/c1-9(4-5-19)7-18-8-10-6-11(13(15,16)17)2-3-12(10)14/h2-3,6,9,18-19H,4-5,7-8H2,1H3. The predicted octanol–water partition coefficient (Wildman–Crippen LogP) is 2.95. The molecule has 1 aromatic carbocycles. The van der Waals surface area contributed by atoms with Crippen molar-refractivity contribution < 1.29 is 22.7 Å². The number of hydrogen-bond acceptors (Lipinski definition) is 2. The smallest absolute Gasteiger partial charge is 0.396 e. The number of alkyl halides is 3. The number of hydrogen-bond donors (Lipinski definition) is 2. The second-order valence-corrected chi connectivity index (χ2v) is 4.55. The first-order chi connectivity index (χ1) is 8.84. The number of aliphatic hydroxyl groups is 1. The molecule has 0 radical (unpaired) electrons. The van der Waals surface area contributed by atoms with Gasteiger partial charge in [0.25, 0.3) is 0 Å². The highest BCUT2D eigenvalue weighted by Crippen LogP contribution is 2.30. The topological polar surface area (TPSA) is 32.3 Å². The molecule has 0 heterocycles. The minimum Gasteiger partial charge on any atom is -0.396 e. The lowest BCUT2D eigenvalue weighted by molar-refractivity contribution is -0.137. The summed E-state index contributed by atoms with van der Waals surface area (Å²) in [5.41, 5.74) is -0.861. The first-order valence-corrected chi connectivity index (χ1v) is 6.01. The van der Waals surface area contributed by atoms with Crippen LogP contribution in [0.3, 0.4) is 0 Å². The van der Waals surface area contributed by atoms with E-state index in [4.69, 9.17) is 5.11 Å². The zero-order chi connectivity index (χ0) is 14.5. The summed E-state index contributed by atoms with van der Waals surface area (Å²) >= 11 is 0. The molecule has 1 unspecified atom stereocenters. The Morgan fingerprint density at radius 2 is 2.00 bits per heavy atom. The van der Waals surface area contributed by atoms with Crippen molar-refractivity contribution in [2.45, 2.75) is 26.1 Å². The van der Waals surface area contributed by atoms with E-state index in [1.54, 1.807) is 0 Å². The lowest BCUT2D eigenvalue weighted by Crippen LogP contribution is -2.22. The van der Waals surface area contributed by atoms with Crippen molar-refractivity contribution in [2.75, 3.05) is 13.2 Å². The van der Waals surface area contributed by atoms with Crippen LogP contribution in [0.15, 0.2) is 18.2 Å². The highest BCUT2D eigenvalue weighted by Gasteiger charge is 2.30. The summed E-state index contributed by atoms with van der Waals surface area (Å²) in [5, 5.41) is 11.6. The van der Waals surface area contributed by atoms with E-state index >= 15 is 0 Å². The average molecular weight is 279 g/mol. The lowest BCUT2D eigenvalue weighted by Gasteiger charge is -2.13. The Morgan fingerprint density at radius 1 is 1.32 bits per heavy atom. The van der Waals surface area contributed by atoms with Crippen molar-refractivity contribution in [1.29, 1.82) is 0 Å². The van der Waals surface area contributed by atoms with Crippen LogP contribution in [0.2, 0.25) is 0 Å². The maximum absolute atomic E-state index is 13.4. The molecule has 0 saturated carbocycles. The van der Waals surface area contributed by atoms with Gasteiger partial charge >= 0.3 is 6.18 Å². The van der Waals surface area contributed by atoms with Crippen LogP contribution in [-0.4, -0.2) is 18.3 Å². The van der Waals surface area contributed by atoms with E-state index in [2.05, 4.69) is 5.32 Å². The van der Waals surface area contributed by atoms with Gasteiger partial charge in [0.05, 0.1) is 5.56 Å². The Kier molecular flexibility index (Phi) is 5.75. The molecule has 0 bridgehead atoms. The third-order valence-corrected chi connectivity index (χ3v) is 2.80. The Balaban J connectivity index is 2.63. The normalized spacial score (nSPS) is 13.6. The van der Waals surface area contributed by atoms with Gasteiger partial charge in [-0.2, -0.15) is 13.2 Å². The molecule has 19 heavy (non-hydrogen) atoms. The summed E-state index contributed by atoms with van der Waals surface area (Å²) in [6, 6.07) is 2.38. The minimum atomic E-state index is -4.47. The monoisotopic (exact) mass is 279 g/mol. The summed E-state index contributed by atoms with van der Waals surface area (Å²) in [7, 11) is 0. The summed E-state index contributed by atoms with van der Waals surface area (Å²) in [5.74, 6) is -0.478. The third kappa shape index (κ3) is 5.16. The van der Waals surface area contributed by atoms with Crippen LogP contribution in [0, 0.1) is 11.7 Å². The van der Waals surface area contributed by atoms with Gasteiger partial charge in [0.2, 0.25) is 0 Å². The van der Waals surface area contributed by atoms with Gasteiger partial charge in [-0.1, -0.05) is 6.92 Å². The first kappa shape index (κ1) is 15.9. The molecule has 1 atom stereocenters. The fourth-order valence-electron chi connectivity index (χ4n) is 1.66. The van der Waals surface area contributed by atoms with Gasteiger partial charge in [-0.3, -0.25) is 0 Å². The maximum atomic E-state index is 13.4. The SMILES string of the molecule is CC(CCO)CNCc1cc(C(F)(F)F)ccc1F. The Hall–Kier alpha value is -1.14. The van der Waals surface area contributed by atoms with E-state index in [1.165, 1.54) is 0 Å². The van der Waals surface area contributed by atoms with Gasteiger partial charge < -0.3 is 10.4 Å².